The number of methoxy groups -OCH3 is 2. The molecule has 0 radical (unpaired) electrons. The molecule has 10 heavy (non-hydrogen) atoms. The van der Waals surface area contributed by atoms with Crippen LogP contribution in [0.4, 0.5) is 0 Å². The van der Waals surface area contributed by atoms with Gasteiger partial charge in [-0.3, -0.25) is 0 Å². The summed E-state index contributed by atoms with van der Waals surface area (Å²) in [6.45, 7) is 0.936. The molecule has 4 heteroatoms. The molecule has 0 amide bonds. The van der Waals surface area contributed by atoms with E-state index in [4.69, 9.17) is 9.47 Å². The molecule has 3 nitrogen and oxygen atoms in total. The third kappa shape index (κ3) is 3.31. The Kier molecular flexibility index (Phi) is 4.89. The fourth-order valence-corrected chi connectivity index (χ4v) is 0.890. The number of nitrogens with one attached hydrogen (secondary N) is 1. The molecule has 1 N–H and O–H groups in total. The highest BCUT2D eigenvalue weighted by Crippen LogP contribution is 2.09. The van der Waals surface area contributed by atoms with Crippen LogP contribution in [0.5, 0.6) is 0 Å². The van der Waals surface area contributed by atoms with Crippen molar-refractivity contribution in [1.82, 2.24) is 5.32 Å². The Labute approximate surface area is 65.5 Å². The third-order valence-electron chi connectivity index (χ3n) is 1.69. The Morgan fingerprint density at radius 2 is 1.90 bits per heavy atom. The summed E-state index contributed by atoms with van der Waals surface area (Å²) < 4.78 is 10.4. The second kappa shape index (κ2) is 4.84. The SMILES string of the molecule is CNCCC([SiH3])(OC)OC. The highest BCUT2D eigenvalue weighted by molar-refractivity contribution is 6.13. The van der Waals surface area contributed by atoms with E-state index in [2.05, 4.69) is 5.32 Å². The van der Waals surface area contributed by atoms with E-state index in [-0.39, 0.29) is 5.41 Å². The van der Waals surface area contributed by atoms with Crippen LogP contribution in [0.1, 0.15) is 6.42 Å². The standard InChI is InChI=1S/C6H17NO2Si/c1-7-5-4-6(10,8-2)9-3/h7H,4-5H2,1-3,10H3. The largest absolute Gasteiger partial charge is 0.358 e. The van der Waals surface area contributed by atoms with Crippen LogP contribution >= 0.6 is 0 Å². The molecule has 0 unspecified atom stereocenters. The van der Waals surface area contributed by atoms with Gasteiger partial charge >= 0.3 is 0 Å². The third-order valence-corrected chi connectivity index (χ3v) is 3.01. The van der Waals surface area contributed by atoms with Gasteiger partial charge in [0.05, 0.1) is 10.2 Å². The maximum Gasteiger partial charge on any atom is 0.142 e. The minimum absolute atomic E-state index is 0.289. The molecule has 0 aliphatic heterocycles. The predicted molar refractivity (Wildman–Crippen MR) is 45.2 cm³/mol. The zero-order valence-electron chi connectivity index (χ0n) is 7.23. The van der Waals surface area contributed by atoms with Crippen molar-refractivity contribution in [2.24, 2.45) is 0 Å². The van der Waals surface area contributed by atoms with E-state index in [1.807, 2.05) is 7.05 Å². The van der Waals surface area contributed by atoms with E-state index in [1.165, 1.54) is 0 Å². The lowest BCUT2D eigenvalue weighted by Gasteiger charge is -2.26. The number of hydrogen-bond acceptors (Lipinski definition) is 3. The van der Waals surface area contributed by atoms with Gasteiger partial charge in [0.25, 0.3) is 0 Å². The number of ether oxygens (including phenoxy) is 2. The van der Waals surface area contributed by atoms with Gasteiger partial charge in [-0.2, -0.15) is 0 Å². The molecule has 62 valence electrons. The number of hydrogen-bond donors (Lipinski definition) is 1. The fraction of sp³-hybridized carbons (Fsp3) is 1.00. The Hall–Kier alpha value is 0.0969. The van der Waals surface area contributed by atoms with Crippen molar-refractivity contribution in [1.29, 1.82) is 0 Å². The van der Waals surface area contributed by atoms with Gasteiger partial charge in [-0.05, 0) is 13.6 Å². The first-order valence-corrected chi connectivity index (χ1v) is 4.43. The van der Waals surface area contributed by atoms with Crippen LogP contribution < -0.4 is 5.32 Å². The molecule has 0 aromatic heterocycles. The monoisotopic (exact) mass is 163 g/mol. The summed E-state index contributed by atoms with van der Waals surface area (Å²) in [5, 5.41) is 3.05. The first kappa shape index (κ1) is 10.1. The molecule has 0 saturated heterocycles. The molecule has 0 heterocycles. The van der Waals surface area contributed by atoms with E-state index in [1.54, 1.807) is 14.2 Å². The van der Waals surface area contributed by atoms with Gasteiger partial charge in [0.1, 0.15) is 5.41 Å². The van der Waals surface area contributed by atoms with Crippen LogP contribution in [-0.4, -0.2) is 43.5 Å². The molecule has 0 atom stereocenters. The highest BCUT2D eigenvalue weighted by Gasteiger charge is 2.20. The van der Waals surface area contributed by atoms with Gasteiger partial charge in [-0.1, -0.05) is 0 Å². The van der Waals surface area contributed by atoms with Crippen molar-refractivity contribution < 1.29 is 9.47 Å². The average molecular weight is 163 g/mol. The Morgan fingerprint density at radius 1 is 1.40 bits per heavy atom. The van der Waals surface area contributed by atoms with Crippen molar-refractivity contribution in [3.63, 3.8) is 0 Å². The van der Waals surface area contributed by atoms with Gasteiger partial charge in [0.15, 0.2) is 0 Å². The minimum Gasteiger partial charge on any atom is -0.358 e. The Balaban J connectivity index is 3.58. The summed E-state index contributed by atoms with van der Waals surface area (Å²) in [4.78, 5) is 0. The molecule has 0 bridgehead atoms. The maximum atomic E-state index is 5.19. The van der Waals surface area contributed by atoms with Crippen LogP contribution in [0.2, 0.25) is 0 Å². The molecule has 0 aliphatic rings. The van der Waals surface area contributed by atoms with Gasteiger partial charge in [-0.25, -0.2) is 0 Å². The first-order chi connectivity index (χ1) is 4.68. The van der Waals surface area contributed by atoms with Gasteiger partial charge in [0.2, 0.25) is 0 Å². The molecule has 0 fully saturated rings. The Morgan fingerprint density at radius 3 is 2.20 bits per heavy atom. The summed E-state index contributed by atoms with van der Waals surface area (Å²) in [5.74, 6) is 0. The van der Waals surface area contributed by atoms with E-state index in [0.29, 0.717) is 0 Å². The van der Waals surface area contributed by atoms with Crippen LogP contribution in [0.3, 0.4) is 0 Å². The molecule has 0 spiro atoms. The lowest BCUT2D eigenvalue weighted by Crippen LogP contribution is -2.37. The minimum atomic E-state index is -0.289. The summed E-state index contributed by atoms with van der Waals surface area (Å²) in [7, 11) is 6.20. The lowest BCUT2D eigenvalue weighted by molar-refractivity contribution is -0.144. The van der Waals surface area contributed by atoms with Gasteiger partial charge in [0, 0.05) is 20.6 Å². The smallest absolute Gasteiger partial charge is 0.142 e. The van der Waals surface area contributed by atoms with E-state index in [9.17, 15) is 0 Å². The van der Waals surface area contributed by atoms with E-state index >= 15 is 0 Å². The maximum absolute atomic E-state index is 5.19. The molecule has 0 aromatic carbocycles. The van der Waals surface area contributed by atoms with Crippen LogP contribution in [0, 0.1) is 0 Å². The molecule has 0 aliphatic carbocycles. The normalized spacial score (nSPS) is 12.3. The van der Waals surface area contributed by atoms with Crippen LogP contribution in [-0.2, 0) is 9.47 Å². The average Bonchev–Trinajstić information content (AvgIpc) is 2.00. The van der Waals surface area contributed by atoms with Gasteiger partial charge in [-0.15, -0.1) is 0 Å². The summed E-state index contributed by atoms with van der Waals surface area (Å²) in [6, 6.07) is 0. The quantitative estimate of drug-likeness (QED) is 0.412. The highest BCUT2D eigenvalue weighted by atomic mass is 28.1. The van der Waals surface area contributed by atoms with Crippen LogP contribution in [0.25, 0.3) is 0 Å². The zero-order chi connectivity index (χ0) is 8.04. The second-order valence-electron chi connectivity index (χ2n) is 2.40. The zero-order valence-corrected chi connectivity index (χ0v) is 9.23. The fourth-order valence-electron chi connectivity index (χ4n) is 0.640. The first-order valence-electron chi connectivity index (χ1n) is 3.43. The van der Waals surface area contributed by atoms with Crippen molar-refractivity contribution in [3.05, 3.63) is 0 Å². The summed E-state index contributed by atoms with van der Waals surface area (Å²) >= 11 is 0. The summed E-state index contributed by atoms with van der Waals surface area (Å²) in [6.07, 6.45) is 0.919. The van der Waals surface area contributed by atoms with Crippen molar-refractivity contribution >= 4 is 10.2 Å². The molecular formula is C6H17NO2Si. The van der Waals surface area contributed by atoms with Crippen LogP contribution in [0.15, 0.2) is 0 Å². The predicted octanol–water partition coefficient (Wildman–Crippen LogP) is -1.09. The molecule has 0 saturated carbocycles. The molecular weight excluding hydrogens is 146 g/mol. The molecule has 0 aromatic rings. The lowest BCUT2D eigenvalue weighted by atomic mass is 10.4. The number of rotatable bonds is 5. The van der Waals surface area contributed by atoms with Crippen molar-refractivity contribution in [2.75, 3.05) is 27.8 Å². The molecule has 0 rings (SSSR count). The van der Waals surface area contributed by atoms with Crippen molar-refractivity contribution in [2.45, 2.75) is 11.8 Å². The van der Waals surface area contributed by atoms with E-state index in [0.717, 1.165) is 23.2 Å². The second-order valence-corrected chi connectivity index (χ2v) is 3.92. The van der Waals surface area contributed by atoms with Crippen molar-refractivity contribution in [3.8, 4) is 0 Å². The topological polar surface area (TPSA) is 30.5 Å². The van der Waals surface area contributed by atoms with E-state index < -0.39 is 0 Å². The van der Waals surface area contributed by atoms with Gasteiger partial charge < -0.3 is 14.8 Å². The Bertz CT molecular complexity index is 85.8. The summed E-state index contributed by atoms with van der Waals surface area (Å²) in [5.41, 5.74) is -0.289.